The predicted molar refractivity (Wildman–Crippen MR) is 79.9 cm³/mol. The number of benzene rings is 2. The average Bonchev–Trinajstić information content (AvgIpc) is 2.35. The summed E-state index contributed by atoms with van der Waals surface area (Å²) in [6.45, 7) is 0.422. The van der Waals surface area contributed by atoms with Gasteiger partial charge in [0, 0.05) is 21.4 Å². The van der Waals surface area contributed by atoms with Gasteiger partial charge >= 0.3 is 0 Å². The van der Waals surface area contributed by atoms with E-state index >= 15 is 0 Å². The zero-order chi connectivity index (χ0) is 13.1. The maximum absolute atomic E-state index is 6.21. The van der Waals surface area contributed by atoms with Crippen LogP contribution in [-0.2, 0) is 6.54 Å². The topological polar surface area (TPSA) is 26.0 Å². The van der Waals surface area contributed by atoms with Gasteiger partial charge in [-0.25, -0.2) is 0 Å². The zero-order valence-corrected chi connectivity index (χ0v) is 12.4. The molecule has 2 N–H and O–H groups in total. The highest BCUT2D eigenvalue weighted by Gasteiger charge is 2.09. The summed E-state index contributed by atoms with van der Waals surface area (Å²) in [6.07, 6.45) is 0. The van der Waals surface area contributed by atoms with Crippen LogP contribution < -0.4 is 5.73 Å². The maximum atomic E-state index is 6.21. The van der Waals surface area contributed by atoms with E-state index in [2.05, 4.69) is 0 Å². The van der Waals surface area contributed by atoms with Crippen molar-refractivity contribution >= 4 is 46.6 Å². The Morgan fingerprint density at radius 2 is 1.50 bits per heavy atom. The first-order valence-electron chi connectivity index (χ1n) is 5.21. The van der Waals surface area contributed by atoms with E-state index in [1.165, 1.54) is 11.8 Å². The molecule has 0 aliphatic carbocycles. The Hall–Kier alpha value is -0.380. The van der Waals surface area contributed by atoms with E-state index in [1.807, 2.05) is 36.4 Å². The van der Waals surface area contributed by atoms with Crippen LogP contribution in [0, 0.1) is 0 Å². The molecular formula is C13H10Cl3NS. The molecule has 0 saturated carbocycles. The molecule has 0 aliphatic rings. The van der Waals surface area contributed by atoms with Crippen LogP contribution in [0.5, 0.6) is 0 Å². The smallest absolute Gasteiger partial charge is 0.0563 e. The van der Waals surface area contributed by atoms with Crippen LogP contribution >= 0.6 is 46.6 Å². The van der Waals surface area contributed by atoms with Crippen molar-refractivity contribution in [3.63, 3.8) is 0 Å². The molecule has 0 radical (unpaired) electrons. The number of rotatable bonds is 3. The van der Waals surface area contributed by atoms with E-state index in [9.17, 15) is 0 Å². The first kappa shape index (κ1) is 14.0. The Bertz CT molecular complexity index is 532. The molecule has 0 heterocycles. The molecule has 2 aromatic carbocycles. The van der Waals surface area contributed by atoms with Gasteiger partial charge in [0.1, 0.15) is 0 Å². The summed E-state index contributed by atoms with van der Waals surface area (Å²) in [7, 11) is 0. The van der Waals surface area contributed by atoms with Gasteiger partial charge in [0.25, 0.3) is 0 Å². The number of hydrogen-bond donors (Lipinski definition) is 1. The van der Waals surface area contributed by atoms with Crippen molar-refractivity contribution in [2.24, 2.45) is 5.73 Å². The van der Waals surface area contributed by atoms with E-state index in [-0.39, 0.29) is 0 Å². The van der Waals surface area contributed by atoms with Crippen molar-refractivity contribution in [3.8, 4) is 0 Å². The SMILES string of the molecule is NCc1cc(Cl)c(Sc2ccc(Cl)cc2)c(Cl)c1. The number of nitrogens with two attached hydrogens (primary N) is 1. The van der Waals surface area contributed by atoms with Gasteiger partial charge in [0.05, 0.1) is 10.0 Å². The molecule has 0 amide bonds. The lowest BCUT2D eigenvalue weighted by molar-refractivity contribution is 1.07. The molecule has 0 saturated heterocycles. The summed E-state index contributed by atoms with van der Waals surface area (Å²) in [5.74, 6) is 0. The second-order valence-electron chi connectivity index (χ2n) is 3.65. The molecule has 0 atom stereocenters. The highest BCUT2D eigenvalue weighted by Crippen LogP contribution is 2.39. The van der Waals surface area contributed by atoms with E-state index in [1.54, 1.807) is 0 Å². The van der Waals surface area contributed by atoms with E-state index in [0.29, 0.717) is 21.6 Å². The fourth-order valence-electron chi connectivity index (χ4n) is 1.45. The van der Waals surface area contributed by atoms with Gasteiger partial charge in [0.15, 0.2) is 0 Å². The molecule has 0 aliphatic heterocycles. The fourth-order valence-corrected chi connectivity index (χ4v) is 3.16. The van der Waals surface area contributed by atoms with Crippen LogP contribution in [0.4, 0.5) is 0 Å². The molecular weight excluding hydrogens is 309 g/mol. The van der Waals surface area contributed by atoms with E-state index in [4.69, 9.17) is 40.5 Å². The monoisotopic (exact) mass is 317 g/mol. The van der Waals surface area contributed by atoms with Crippen molar-refractivity contribution in [2.45, 2.75) is 16.3 Å². The second kappa shape index (κ2) is 6.18. The minimum Gasteiger partial charge on any atom is -0.326 e. The van der Waals surface area contributed by atoms with Gasteiger partial charge < -0.3 is 5.73 Å². The Kier molecular flexibility index (Phi) is 4.82. The Morgan fingerprint density at radius 1 is 0.944 bits per heavy atom. The van der Waals surface area contributed by atoms with Crippen LogP contribution in [0.3, 0.4) is 0 Å². The molecule has 5 heteroatoms. The number of halogens is 3. The fraction of sp³-hybridized carbons (Fsp3) is 0.0769. The van der Waals surface area contributed by atoms with Crippen molar-refractivity contribution in [1.82, 2.24) is 0 Å². The lowest BCUT2D eigenvalue weighted by Crippen LogP contribution is -1.96. The average molecular weight is 319 g/mol. The molecule has 18 heavy (non-hydrogen) atoms. The molecule has 94 valence electrons. The Labute approximate surface area is 125 Å². The van der Waals surface area contributed by atoms with Gasteiger partial charge in [-0.05, 0) is 42.0 Å². The summed E-state index contributed by atoms with van der Waals surface area (Å²) >= 11 is 19.8. The quantitative estimate of drug-likeness (QED) is 0.835. The first-order valence-corrected chi connectivity index (χ1v) is 7.16. The van der Waals surface area contributed by atoms with E-state index < -0.39 is 0 Å². The van der Waals surface area contributed by atoms with Crippen LogP contribution in [-0.4, -0.2) is 0 Å². The third kappa shape index (κ3) is 3.34. The highest BCUT2D eigenvalue weighted by atomic mass is 35.5. The van der Waals surface area contributed by atoms with Gasteiger partial charge in [-0.1, -0.05) is 46.6 Å². The van der Waals surface area contributed by atoms with Crippen LogP contribution in [0.1, 0.15) is 5.56 Å². The highest BCUT2D eigenvalue weighted by molar-refractivity contribution is 7.99. The van der Waals surface area contributed by atoms with Crippen molar-refractivity contribution in [3.05, 3.63) is 57.0 Å². The summed E-state index contributed by atoms with van der Waals surface area (Å²) in [6, 6.07) is 11.2. The minimum atomic E-state index is 0.422. The van der Waals surface area contributed by atoms with Gasteiger partial charge in [0.2, 0.25) is 0 Å². The second-order valence-corrected chi connectivity index (χ2v) is 5.98. The molecule has 0 aromatic heterocycles. The van der Waals surface area contributed by atoms with Gasteiger partial charge in [-0.15, -0.1) is 0 Å². The minimum absolute atomic E-state index is 0.422. The van der Waals surface area contributed by atoms with E-state index in [0.717, 1.165) is 15.4 Å². The molecule has 2 rings (SSSR count). The Morgan fingerprint density at radius 3 is 2.00 bits per heavy atom. The largest absolute Gasteiger partial charge is 0.326 e. The summed E-state index contributed by atoms with van der Waals surface area (Å²) < 4.78 is 0. The third-order valence-corrected chi connectivity index (χ3v) is 4.55. The first-order chi connectivity index (χ1) is 8.60. The van der Waals surface area contributed by atoms with Gasteiger partial charge in [-0.2, -0.15) is 0 Å². The third-order valence-electron chi connectivity index (χ3n) is 2.33. The van der Waals surface area contributed by atoms with Crippen molar-refractivity contribution in [2.75, 3.05) is 0 Å². The zero-order valence-electron chi connectivity index (χ0n) is 9.29. The van der Waals surface area contributed by atoms with Crippen molar-refractivity contribution in [1.29, 1.82) is 0 Å². The summed E-state index contributed by atoms with van der Waals surface area (Å²) in [4.78, 5) is 1.86. The van der Waals surface area contributed by atoms with Crippen molar-refractivity contribution < 1.29 is 0 Å². The standard InChI is InChI=1S/C13H10Cl3NS/c14-9-1-3-10(4-2-9)18-13-11(15)5-8(7-17)6-12(13)16/h1-6H,7,17H2. The molecule has 0 fully saturated rings. The molecule has 0 spiro atoms. The van der Waals surface area contributed by atoms with Crippen LogP contribution in [0.15, 0.2) is 46.2 Å². The maximum Gasteiger partial charge on any atom is 0.0563 e. The lowest BCUT2D eigenvalue weighted by Gasteiger charge is -2.09. The molecule has 2 aromatic rings. The predicted octanol–water partition coefficient (Wildman–Crippen LogP) is 5.26. The summed E-state index contributed by atoms with van der Waals surface area (Å²) in [5, 5.41) is 1.93. The molecule has 1 nitrogen and oxygen atoms in total. The van der Waals surface area contributed by atoms with Crippen LogP contribution in [0.2, 0.25) is 15.1 Å². The van der Waals surface area contributed by atoms with Gasteiger partial charge in [-0.3, -0.25) is 0 Å². The lowest BCUT2D eigenvalue weighted by atomic mass is 10.2. The molecule has 0 bridgehead atoms. The number of hydrogen-bond acceptors (Lipinski definition) is 2. The Balaban J connectivity index is 2.31. The molecule has 0 unspecified atom stereocenters. The van der Waals surface area contributed by atoms with Crippen LogP contribution in [0.25, 0.3) is 0 Å². The normalized spacial score (nSPS) is 10.7. The summed E-state index contributed by atoms with van der Waals surface area (Å²) in [5.41, 5.74) is 6.49.